The average molecular weight is 489 g/mol. The van der Waals surface area contributed by atoms with E-state index in [1.807, 2.05) is 27.7 Å². The molecule has 0 aliphatic heterocycles. The molecule has 0 aromatic heterocycles. The third kappa shape index (κ3) is 17.7. The first-order valence-electron chi connectivity index (χ1n) is 12.7. The minimum Gasteiger partial charge on any atom is -0.379 e. The predicted octanol–water partition coefficient (Wildman–Crippen LogP) is 1.13. The van der Waals surface area contributed by atoms with Crippen LogP contribution in [-0.4, -0.2) is 89.1 Å². The lowest BCUT2D eigenvalue weighted by Gasteiger charge is -2.34. The van der Waals surface area contributed by atoms with Gasteiger partial charge in [0.2, 0.25) is 17.7 Å². The van der Waals surface area contributed by atoms with Crippen LogP contribution in [0.3, 0.4) is 0 Å². The molecule has 3 amide bonds. The molecular weight excluding hydrogens is 440 g/mol. The van der Waals surface area contributed by atoms with Gasteiger partial charge >= 0.3 is 0 Å². The summed E-state index contributed by atoms with van der Waals surface area (Å²) in [6.45, 7) is 12.2. The van der Waals surface area contributed by atoms with Crippen molar-refractivity contribution >= 4 is 17.7 Å². The highest BCUT2D eigenvalue weighted by Gasteiger charge is 2.31. The highest BCUT2D eigenvalue weighted by Crippen LogP contribution is 2.10. The van der Waals surface area contributed by atoms with Crippen molar-refractivity contribution in [1.29, 1.82) is 0 Å². The molecule has 0 aliphatic carbocycles. The Labute approximate surface area is 205 Å². The number of likely N-dealkylation sites (N-methyl/N-ethyl adjacent to an activating group) is 1. The maximum absolute atomic E-state index is 11.8. The summed E-state index contributed by atoms with van der Waals surface area (Å²) in [6, 6.07) is 0. The van der Waals surface area contributed by atoms with E-state index in [1.165, 1.54) is 0 Å². The Kier molecular flexibility index (Phi) is 20.6. The lowest BCUT2D eigenvalue weighted by molar-refractivity contribution is -0.122. The molecule has 0 fully saturated rings. The molecule has 10 nitrogen and oxygen atoms in total. The number of hydrogen-bond donors (Lipinski definition) is 4. The van der Waals surface area contributed by atoms with Crippen LogP contribution >= 0.6 is 0 Å². The summed E-state index contributed by atoms with van der Waals surface area (Å²) in [5.74, 6) is -0.126. The fourth-order valence-electron chi connectivity index (χ4n) is 3.01. The van der Waals surface area contributed by atoms with Crippen LogP contribution in [0.1, 0.15) is 66.2 Å². The molecule has 0 spiro atoms. The second-order valence-corrected chi connectivity index (χ2v) is 8.27. The van der Waals surface area contributed by atoms with E-state index in [9.17, 15) is 14.4 Å². The van der Waals surface area contributed by atoms with Crippen LogP contribution in [-0.2, 0) is 28.6 Å². The lowest BCUT2D eigenvalue weighted by Crippen LogP contribution is -2.56. The summed E-state index contributed by atoms with van der Waals surface area (Å²) in [6.07, 6.45) is 3.49. The monoisotopic (exact) mass is 488 g/mol. The Hall–Kier alpha value is -1.75. The molecule has 0 atom stereocenters. The third-order valence-electron chi connectivity index (χ3n) is 4.82. The van der Waals surface area contributed by atoms with Gasteiger partial charge in [-0.05, 0) is 25.8 Å². The van der Waals surface area contributed by atoms with Crippen molar-refractivity contribution in [1.82, 2.24) is 21.3 Å². The van der Waals surface area contributed by atoms with Gasteiger partial charge in [0.05, 0.1) is 45.2 Å². The smallest absolute Gasteiger partial charge is 0.222 e. The van der Waals surface area contributed by atoms with Crippen molar-refractivity contribution < 1.29 is 28.6 Å². The molecule has 34 heavy (non-hydrogen) atoms. The molecule has 0 saturated heterocycles. The first-order chi connectivity index (χ1) is 16.4. The number of carbonyl (C=O) groups excluding carboxylic acids is 3. The zero-order valence-corrected chi connectivity index (χ0v) is 21.8. The maximum atomic E-state index is 11.8. The number of ether oxygens (including phenoxy) is 3. The van der Waals surface area contributed by atoms with E-state index in [2.05, 4.69) is 21.3 Å². The van der Waals surface area contributed by atoms with Gasteiger partial charge < -0.3 is 35.5 Å². The Morgan fingerprint density at radius 3 is 1.18 bits per heavy atom. The molecule has 10 heteroatoms. The van der Waals surface area contributed by atoms with Gasteiger partial charge in [-0.15, -0.1) is 0 Å². The maximum Gasteiger partial charge on any atom is 0.222 e. The zero-order valence-electron chi connectivity index (χ0n) is 21.8. The zero-order chi connectivity index (χ0) is 25.5. The standard InChI is InChI=1S/C24H48N4O6/c1-5-12-25-21(29)9-15-32-18-24(28-8-4,19-33-16-10-22(30)26-13-6-2)20-34-17-11-23(31)27-14-7-3/h28H,5-20H2,1-4H3,(H,25,29)(H,26,30)(H,27,31). The molecule has 0 aliphatic rings. The van der Waals surface area contributed by atoms with Gasteiger partial charge in [0.1, 0.15) is 0 Å². The molecule has 0 aromatic rings. The number of amides is 3. The fourth-order valence-corrected chi connectivity index (χ4v) is 3.01. The minimum absolute atomic E-state index is 0.0421. The van der Waals surface area contributed by atoms with Gasteiger partial charge in [-0.1, -0.05) is 27.7 Å². The van der Waals surface area contributed by atoms with Gasteiger partial charge in [0.15, 0.2) is 0 Å². The van der Waals surface area contributed by atoms with Crippen LogP contribution in [0.15, 0.2) is 0 Å². The minimum atomic E-state index is -0.658. The van der Waals surface area contributed by atoms with E-state index in [0.29, 0.717) is 26.2 Å². The van der Waals surface area contributed by atoms with Gasteiger partial charge in [-0.2, -0.15) is 0 Å². The largest absolute Gasteiger partial charge is 0.379 e. The fraction of sp³-hybridized carbons (Fsp3) is 0.875. The molecule has 0 aromatic carbocycles. The molecule has 0 rings (SSSR count). The average Bonchev–Trinajstić information content (AvgIpc) is 2.83. The SMILES string of the molecule is CCCNC(=O)CCOCC(COCCC(=O)NCCC)(COCCC(=O)NCCC)NCC. The summed E-state index contributed by atoms with van der Waals surface area (Å²) >= 11 is 0. The Bertz CT molecular complexity index is 478. The van der Waals surface area contributed by atoms with E-state index < -0.39 is 5.54 Å². The summed E-state index contributed by atoms with van der Waals surface area (Å²) in [5, 5.41) is 11.9. The molecular formula is C24H48N4O6. The van der Waals surface area contributed by atoms with E-state index >= 15 is 0 Å². The molecule has 0 bridgehead atoms. The first-order valence-corrected chi connectivity index (χ1v) is 12.7. The van der Waals surface area contributed by atoms with Crippen LogP contribution in [0, 0.1) is 0 Å². The second-order valence-electron chi connectivity index (χ2n) is 8.27. The molecule has 200 valence electrons. The number of rotatable bonds is 23. The van der Waals surface area contributed by atoms with Gasteiger partial charge in [0.25, 0.3) is 0 Å². The van der Waals surface area contributed by atoms with Crippen LogP contribution in [0.25, 0.3) is 0 Å². The van der Waals surface area contributed by atoms with Crippen molar-refractivity contribution in [2.45, 2.75) is 71.8 Å². The summed E-state index contributed by atoms with van der Waals surface area (Å²) in [5.41, 5.74) is -0.658. The van der Waals surface area contributed by atoms with E-state index in [0.717, 1.165) is 19.3 Å². The summed E-state index contributed by atoms with van der Waals surface area (Å²) in [4.78, 5) is 35.5. The van der Waals surface area contributed by atoms with Crippen LogP contribution in [0.4, 0.5) is 0 Å². The van der Waals surface area contributed by atoms with Crippen molar-refractivity contribution in [3.8, 4) is 0 Å². The number of hydrogen-bond acceptors (Lipinski definition) is 7. The predicted molar refractivity (Wildman–Crippen MR) is 133 cm³/mol. The highest BCUT2D eigenvalue weighted by atomic mass is 16.5. The van der Waals surface area contributed by atoms with Gasteiger partial charge in [-0.3, -0.25) is 14.4 Å². The third-order valence-corrected chi connectivity index (χ3v) is 4.82. The lowest BCUT2D eigenvalue weighted by atomic mass is 10.0. The summed E-state index contributed by atoms with van der Waals surface area (Å²) < 4.78 is 17.5. The number of nitrogens with one attached hydrogen (secondary N) is 4. The van der Waals surface area contributed by atoms with Crippen molar-refractivity contribution in [3.63, 3.8) is 0 Å². The quantitative estimate of drug-likeness (QED) is 0.159. The molecule has 0 unspecified atom stereocenters. The van der Waals surface area contributed by atoms with Crippen molar-refractivity contribution in [3.05, 3.63) is 0 Å². The van der Waals surface area contributed by atoms with Gasteiger partial charge in [0, 0.05) is 38.9 Å². The number of carbonyl (C=O) groups is 3. The van der Waals surface area contributed by atoms with Crippen molar-refractivity contribution in [2.75, 3.05) is 65.8 Å². The molecule has 0 radical (unpaired) electrons. The molecule has 0 heterocycles. The molecule has 0 saturated carbocycles. The molecule has 4 N–H and O–H groups in total. The summed E-state index contributed by atoms with van der Waals surface area (Å²) in [7, 11) is 0. The Morgan fingerprint density at radius 2 is 0.912 bits per heavy atom. The van der Waals surface area contributed by atoms with E-state index in [4.69, 9.17) is 14.2 Å². The van der Waals surface area contributed by atoms with Crippen molar-refractivity contribution in [2.24, 2.45) is 0 Å². The van der Waals surface area contributed by atoms with Crippen LogP contribution in [0.5, 0.6) is 0 Å². The van der Waals surface area contributed by atoms with Gasteiger partial charge in [-0.25, -0.2) is 0 Å². The van der Waals surface area contributed by atoms with E-state index in [1.54, 1.807) is 0 Å². The highest BCUT2D eigenvalue weighted by molar-refractivity contribution is 5.76. The Balaban J connectivity index is 4.75. The first kappa shape index (κ1) is 32.2. The van der Waals surface area contributed by atoms with Crippen LogP contribution < -0.4 is 21.3 Å². The van der Waals surface area contributed by atoms with E-state index in [-0.39, 0.29) is 76.6 Å². The normalized spacial score (nSPS) is 11.3. The van der Waals surface area contributed by atoms with Crippen LogP contribution in [0.2, 0.25) is 0 Å². The Morgan fingerprint density at radius 1 is 0.588 bits per heavy atom. The topological polar surface area (TPSA) is 127 Å². The second kappa shape index (κ2) is 21.8.